The van der Waals surface area contributed by atoms with Crippen LogP contribution in [0.4, 0.5) is 0 Å². The van der Waals surface area contributed by atoms with Crippen molar-refractivity contribution >= 4 is 27.5 Å². The van der Waals surface area contributed by atoms with Gasteiger partial charge in [0, 0.05) is 22.4 Å². The molecule has 0 N–H and O–H groups in total. The van der Waals surface area contributed by atoms with Crippen molar-refractivity contribution in [3.05, 3.63) is 58.1 Å². The second-order valence-electron chi connectivity index (χ2n) is 4.12. The number of hydrogen-bond donors (Lipinski definition) is 0. The van der Waals surface area contributed by atoms with Gasteiger partial charge in [0.15, 0.2) is 6.61 Å². The Kier molecular flexibility index (Phi) is 4.17. The normalized spacial score (nSPS) is 10.6. The fourth-order valence-electron chi connectivity index (χ4n) is 1.66. The van der Waals surface area contributed by atoms with E-state index in [9.17, 15) is 0 Å². The first kappa shape index (κ1) is 14.0. The molecule has 0 aliphatic carbocycles. The van der Waals surface area contributed by atoms with Crippen LogP contribution >= 0.6 is 27.5 Å². The zero-order valence-electron chi connectivity index (χ0n) is 10.7. The van der Waals surface area contributed by atoms with Gasteiger partial charge >= 0.3 is 0 Å². The van der Waals surface area contributed by atoms with Gasteiger partial charge in [0.2, 0.25) is 5.82 Å². The SMILES string of the molecule is Clc1cc(Br)ccc1OCc1nc(-c2cccnc2)no1. The molecular formula is C14H9BrClN3O2. The summed E-state index contributed by atoms with van der Waals surface area (Å²) in [4.78, 5) is 8.26. The van der Waals surface area contributed by atoms with E-state index in [0.717, 1.165) is 10.0 Å². The average molecular weight is 367 g/mol. The fourth-order valence-corrected chi connectivity index (χ4v) is 2.39. The van der Waals surface area contributed by atoms with Crippen LogP contribution in [0.15, 0.2) is 51.7 Å². The average Bonchev–Trinajstić information content (AvgIpc) is 2.96. The number of ether oxygens (including phenoxy) is 1. The van der Waals surface area contributed by atoms with Crippen LogP contribution in [0.25, 0.3) is 11.4 Å². The quantitative estimate of drug-likeness (QED) is 0.695. The topological polar surface area (TPSA) is 61.0 Å². The Labute approximate surface area is 134 Å². The summed E-state index contributed by atoms with van der Waals surface area (Å²) in [6, 6.07) is 9.03. The molecule has 0 atom stereocenters. The van der Waals surface area contributed by atoms with Crippen LogP contribution < -0.4 is 4.74 Å². The van der Waals surface area contributed by atoms with Crippen molar-refractivity contribution in [2.75, 3.05) is 0 Å². The van der Waals surface area contributed by atoms with Crippen LogP contribution in [0, 0.1) is 0 Å². The second-order valence-corrected chi connectivity index (χ2v) is 5.44. The van der Waals surface area contributed by atoms with E-state index in [4.69, 9.17) is 20.9 Å². The molecule has 21 heavy (non-hydrogen) atoms. The Hall–Kier alpha value is -1.92. The number of aromatic nitrogens is 3. The molecule has 1 aromatic carbocycles. The number of halogens is 2. The summed E-state index contributed by atoms with van der Waals surface area (Å²) in [5, 5.41) is 4.40. The summed E-state index contributed by atoms with van der Waals surface area (Å²) < 4.78 is 11.6. The zero-order chi connectivity index (χ0) is 14.7. The Balaban J connectivity index is 1.70. The third kappa shape index (κ3) is 3.40. The summed E-state index contributed by atoms with van der Waals surface area (Å²) >= 11 is 9.40. The minimum Gasteiger partial charge on any atom is -0.482 e. The first-order valence-electron chi connectivity index (χ1n) is 6.03. The lowest BCUT2D eigenvalue weighted by Crippen LogP contribution is -1.96. The van der Waals surface area contributed by atoms with Gasteiger partial charge in [0.1, 0.15) is 5.75 Å². The molecule has 0 amide bonds. The fraction of sp³-hybridized carbons (Fsp3) is 0.0714. The number of hydrogen-bond acceptors (Lipinski definition) is 5. The van der Waals surface area contributed by atoms with Gasteiger partial charge in [-0.1, -0.05) is 32.7 Å². The zero-order valence-corrected chi connectivity index (χ0v) is 13.0. The first-order chi connectivity index (χ1) is 10.2. The molecular weight excluding hydrogens is 358 g/mol. The molecule has 5 nitrogen and oxygen atoms in total. The van der Waals surface area contributed by atoms with Gasteiger partial charge < -0.3 is 9.26 Å². The molecule has 2 heterocycles. The number of rotatable bonds is 4. The molecule has 0 bridgehead atoms. The lowest BCUT2D eigenvalue weighted by Gasteiger charge is -2.05. The summed E-state index contributed by atoms with van der Waals surface area (Å²) in [7, 11) is 0. The van der Waals surface area contributed by atoms with Crippen LogP contribution in [0.1, 0.15) is 5.89 Å². The predicted octanol–water partition coefficient (Wildman–Crippen LogP) is 4.13. The van der Waals surface area contributed by atoms with Gasteiger partial charge in [-0.3, -0.25) is 4.98 Å². The maximum atomic E-state index is 6.07. The predicted molar refractivity (Wildman–Crippen MR) is 81.0 cm³/mol. The van der Waals surface area contributed by atoms with Gasteiger partial charge in [0.25, 0.3) is 5.89 Å². The standard InChI is InChI=1S/C14H9BrClN3O2/c15-10-3-4-12(11(16)6-10)20-8-13-18-14(19-21-13)9-2-1-5-17-7-9/h1-7H,8H2. The molecule has 0 fully saturated rings. The molecule has 3 rings (SSSR count). The van der Waals surface area contributed by atoms with Gasteiger partial charge in [-0.15, -0.1) is 0 Å². The summed E-state index contributed by atoms with van der Waals surface area (Å²) in [5.74, 6) is 1.40. The molecule has 0 unspecified atom stereocenters. The number of nitrogens with zero attached hydrogens (tertiary/aromatic N) is 3. The monoisotopic (exact) mass is 365 g/mol. The highest BCUT2D eigenvalue weighted by Gasteiger charge is 2.10. The maximum absolute atomic E-state index is 6.07. The van der Waals surface area contributed by atoms with E-state index < -0.39 is 0 Å². The molecule has 0 saturated heterocycles. The highest BCUT2D eigenvalue weighted by Crippen LogP contribution is 2.28. The molecule has 0 saturated carbocycles. The Morgan fingerprint density at radius 1 is 1.29 bits per heavy atom. The van der Waals surface area contributed by atoms with Gasteiger partial charge in [-0.05, 0) is 30.3 Å². The van der Waals surface area contributed by atoms with Crippen molar-refractivity contribution in [3.8, 4) is 17.1 Å². The Bertz CT molecular complexity index is 749. The first-order valence-corrected chi connectivity index (χ1v) is 7.20. The Morgan fingerprint density at radius 3 is 2.95 bits per heavy atom. The molecule has 106 valence electrons. The van der Waals surface area contributed by atoms with Crippen molar-refractivity contribution in [1.29, 1.82) is 0 Å². The van der Waals surface area contributed by atoms with Crippen LogP contribution in [0.5, 0.6) is 5.75 Å². The van der Waals surface area contributed by atoms with Crippen LogP contribution in [0.2, 0.25) is 5.02 Å². The van der Waals surface area contributed by atoms with E-state index in [1.54, 1.807) is 24.5 Å². The highest BCUT2D eigenvalue weighted by atomic mass is 79.9. The van der Waals surface area contributed by atoms with E-state index in [0.29, 0.717) is 22.5 Å². The van der Waals surface area contributed by atoms with E-state index in [1.807, 2.05) is 18.2 Å². The lowest BCUT2D eigenvalue weighted by atomic mass is 10.3. The van der Waals surface area contributed by atoms with Crippen molar-refractivity contribution < 1.29 is 9.26 Å². The summed E-state index contributed by atoms with van der Waals surface area (Å²) in [6.45, 7) is 0.147. The Morgan fingerprint density at radius 2 is 2.19 bits per heavy atom. The minimum absolute atomic E-state index is 0.147. The van der Waals surface area contributed by atoms with E-state index in [1.165, 1.54) is 0 Å². The third-order valence-corrected chi connectivity index (χ3v) is 3.42. The van der Waals surface area contributed by atoms with Gasteiger partial charge in [-0.2, -0.15) is 4.98 Å². The molecule has 0 radical (unpaired) electrons. The van der Waals surface area contributed by atoms with Gasteiger partial charge in [0.05, 0.1) is 5.02 Å². The lowest BCUT2D eigenvalue weighted by molar-refractivity contribution is 0.243. The minimum atomic E-state index is 0.147. The van der Waals surface area contributed by atoms with E-state index in [-0.39, 0.29) is 6.61 Å². The number of pyridine rings is 1. The van der Waals surface area contributed by atoms with Gasteiger partial charge in [-0.25, -0.2) is 0 Å². The smallest absolute Gasteiger partial charge is 0.264 e. The molecule has 0 spiro atoms. The maximum Gasteiger partial charge on any atom is 0.264 e. The summed E-state index contributed by atoms with van der Waals surface area (Å²) in [5.41, 5.74) is 0.786. The number of benzene rings is 1. The highest BCUT2D eigenvalue weighted by molar-refractivity contribution is 9.10. The van der Waals surface area contributed by atoms with Crippen molar-refractivity contribution in [2.24, 2.45) is 0 Å². The molecule has 3 aromatic rings. The second kappa shape index (κ2) is 6.24. The van der Waals surface area contributed by atoms with Crippen LogP contribution in [-0.2, 0) is 6.61 Å². The molecule has 2 aromatic heterocycles. The molecule has 0 aliphatic rings. The van der Waals surface area contributed by atoms with Crippen LogP contribution in [0.3, 0.4) is 0 Å². The van der Waals surface area contributed by atoms with E-state index in [2.05, 4.69) is 31.1 Å². The van der Waals surface area contributed by atoms with E-state index >= 15 is 0 Å². The third-order valence-electron chi connectivity index (χ3n) is 2.63. The summed E-state index contributed by atoms with van der Waals surface area (Å²) in [6.07, 6.45) is 3.35. The molecule has 7 heteroatoms. The largest absolute Gasteiger partial charge is 0.482 e. The van der Waals surface area contributed by atoms with Crippen molar-refractivity contribution in [1.82, 2.24) is 15.1 Å². The van der Waals surface area contributed by atoms with Crippen molar-refractivity contribution in [2.45, 2.75) is 6.61 Å². The molecule has 0 aliphatic heterocycles. The van der Waals surface area contributed by atoms with Crippen molar-refractivity contribution in [3.63, 3.8) is 0 Å². The van der Waals surface area contributed by atoms with Crippen LogP contribution in [-0.4, -0.2) is 15.1 Å².